The summed E-state index contributed by atoms with van der Waals surface area (Å²) in [5.41, 5.74) is 2.70. The molecule has 0 saturated heterocycles. The average Bonchev–Trinajstić information content (AvgIpc) is 3.11. The lowest BCUT2D eigenvalue weighted by atomic mass is 10.1. The molecule has 130 valence electrons. The van der Waals surface area contributed by atoms with E-state index < -0.39 is 0 Å². The second-order valence-corrected chi connectivity index (χ2v) is 6.08. The monoisotopic (exact) mass is 339 g/mol. The molecule has 2 aromatic carbocycles. The molecule has 0 unspecified atom stereocenters. The Bertz CT molecular complexity index is 796. The van der Waals surface area contributed by atoms with Crippen LogP contribution in [0.15, 0.2) is 59.1 Å². The van der Waals surface area contributed by atoms with Gasteiger partial charge in [0, 0.05) is 18.1 Å². The smallest absolute Gasteiger partial charge is 0.137 e. The minimum absolute atomic E-state index is 0.244. The standard InChI is InChI=1S/C21H22FNO2/c1-2-3-4-7-20-14-21(23-25-20)17-6-5-8-19(13-17)24-15-16-9-11-18(22)12-10-16/h5-6,8-14H,2-4,7,15H2,1H3. The van der Waals surface area contributed by atoms with Crippen molar-refractivity contribution in [2.24, 2.45) is 0 Å². The normalized spacial score (nSPS) is 10.8. The van der Waals surface area contributed by atoms with E-state index in [1.807, 2.05) is 30.3 Å². The summed E-state index contributed by atoms with van der Waals surface area (Å²) in [5, 5.41) is 4.16. The van der Waals surface area contributed by atoms with E-state index in [1.165, 1.54) is 25.0 Å². The molecule has 4 heteroatoms. The van der Waals surface area contributed by atoms with Crippen LogP contribution in [-0.4, -0.2) is 5.16 Å². The number of hydrogen-bond donors (Lipinski definition) is 0. The highest BCUT2D eigenvalue weighted by atomic mass is 19.1. The van der Waals surface area contributed by atoms with Crippen LogP contribution < -0.4 is 4.74 Å². The van der Waals surface area contributed by atoms with Crippen LogP contribution in [0.25, 0.3) is 11.3 Å². The number of nitrogens with zero attached hydrogens (tertiary/aromatic N) is 1. The van der Waals surface area contributed by atoms with Crippen LogP contribution in [0.3, 0.4) is 0 Å². The van der Waals surface area contributed by atoms with Crippen LogP contribution in [0, 0.1) is 5.82 Å². The fourth-order valence-electron chi connectivity index (χ4n) is 2.61. The summed E-state index contributed by atoms with van der Waals surface area (Å²) in [6.07, 6.45) is 4.42. The molecule has 0 spiro atoms. The molecule has 0 saturated carbocycles. The Labute approximate surface area is 147 Å². The van der Waals surface area contributed by atoms with Crippen molar-refractivity contribution in [1.29, 1.82) is 0 Å². The lowest BCUT2D eigenvalue weighted by Gasteiger charge is -2.07. The van der Waals surface area contributed by atoms with E-state index in [0.717, 1.165) is 41.2 Å². The number of benzene rings is 2. The fourth-order valence-corrected chi connectivity index (χ4v) is 2.61. The Kier molecular flexibility index (Phi) is 5.83. The highest BCUT2D eigenvalue weighted by Crippen LogP contribution is 2.25. The van der Waals surface area contributed by atoms with E-state index in [2.05, 4.69) is 12.1 Å². The highest BCUT2D eigenvalue weighted by molar-refractivity contribution is 5.60. The summed E-state index contributed by atoms with van der Waals surface area (Å²) < 4.78 is 24.2. The van der Waals surface area contributed by atoms with Crippen molar-refractivity contribution in [3.05, 3.63) is 71.7 Å². The van der Waals surface area contributed by atoms with Gasteiger partial charge in [-0.3, -0.25) is 0 Å². The highest BCUT2D eigenvalue weighted by Gasteiger charge is 2.08. The van der Waals surface area contributed by atoms with Gasteiger partial charge in [-0.1, -0.05) is 49.2 Å². The molecule has 0 N–H and O–H groups in total. The Balaban J connectivity index is 1.63. The molecule has 0 atom stereocenters. The van der Waals surface area contributed by atoms with Crippen LogP contribution in [0.2, 0.25) is 0 Å². The van der Waals surface area contributed by atoms with Gasteiger partial charge in [0.15, 0.2) is 0 Å². The Morgan fingerprint density at radius 3 is 2.68 bits per heavy atom. The van der Waals surface area contributed by atoms with E-state index in [0.29, 0.717) is 6.61 Å². The first-order valence-electron chi connectivity index (χ1n) is 8.68. The summed E-state index contributed by atoms with van der Waals surface area (Å²) in [4.78, 5) is 0. The van der Waals surface area contributed by atoms with E-state index >= 15 is 0 Å². The summed E-state index contributed by atoms with van der Waals surface area (Å²) in [7, 11) is 0. The largest absolute Gasteiger partial charge is 0.489 e. The quantitative estimate of drug-likeness (QED) is 0.487. The van der Waals surface area contributed by atoms with Crippen molar-refractivity contribution in [3.8, 4) is 17.0 Å². The van der Waals surface area contributed by atoms with Gasteiger partial charge in [0.1, 0.15) is 29.6 Å². The minimum atomic E-state index is -0.244. The third-order valence-corrected chi connectivity index (χ3v) is 4.03. The summed E-state index contributed by atoms with van der Waals surface area (Å²) >= 11 is 0. The van der Waals surface area contributed by atoms with Gasteiger partial charge >= 0.3 is 0 Å². The molecule has 3 nitrogen and oxygen atoms in total. The number of rotatable bonds is 8. The minimum Gasteiger partial charge on any atom is -0.489 e. The van der Waals surface area contributed by atoms with Gasteiger partial charge in [-0.05, 0) is 36.2 Å². The molecule has 3 aromatic rings. The maximum atomic E-state index is 12.9. The Hall–Kier alpha value is -2.62. The first-order chi connectivity index (χ1) is 12.2. The number of unbranched alkanes of at least 4 members (excludes halogenated alkanes) is 2. The molecular formula is C21H22FNO2. The van der Waals surface area contributed by atoms with Gasteiger partial charge in [0.25, 0.3) is 0 Å². The van der Waals surface area contributed by atoms with Gasteiger partial charge in [-0.25, -0.2) is 4.39 Å². The van der Waals surface area contributed by atoms with Crippen molar-refractivity contribution in [3.63, 3.8) is 0 Å². The van der Waals surface area contributed by atoms with Crippen molar-refractivity contribution >= 4 is 0 Å². The first kappa shape index (κ1) is 17.2. The van der Waals surface area contributed by atoms with E-state index in [-0.39, 0.29) is 5.82 Å². The van der Waals surface area contributed by atoms with Gasteiger partial charge in [0.05, 0.1) is 0 Å². The third kappa shape index (κ3) is 4.92. The van der Waals surface area contributed by atoms with Gasteiger partial charge in [-0.2, -0.15) is 0 Å². The second kappa shape index (κ2) is 8.47. The number of ether oxygens (including phenoxy) is 1. The van der Waals surface area contributed by atoms with Crippen LogP contribution in [0.1, 0.15) is 37.5 Å². The van der Waals surface area contributed by atoms with Gasteiger partial charge in [0.2, 0.25) is 0 Å². The predicted molar refractivity (Wildman–Crippen MR) is 95.9 cm³/mol. The zero-order valence-electron chi connectivity index (χ0n) is 14.4. The number of aryl methyl sites for hydroxylation is 1. The molecule has 0 aliphatic carbocycles. The van der Waals surface area contributed by atoms with Crippen LogP contribution >= 0.6 is 0 Å². The first-order valence-corrected chi connectivity index (χ1v) is 8.68. The van der Waals surface area contributed by atoms with Crippen molar-refractivity contribution in [2.45, 2.75) is 39.2 Å². The van der Waals surface area contributed by atoms with E-state index in [4.69, 9.17) is 9.26 Å². The summed E-state index contributed by atoms with van der Waals surface area (Å²) in [6, 6.07) is 16.1. The van der Waals surface area contributed by atoms with Crippen LogP contribution in [0.5, 0.6) is 5.75 Å². The molecular weight excluding hydrogens is 317 g/mol. The molecule has 25 heavy (non-hydrogen) atoms. The Morgan fingerprint density at radius 1 is 1.04 bits per heavy atom. The van der Waals surface area contributed by atoms with Crippen LogP contribution in [-0.2, 0) is 13.0 Å². The fraction of sp³-hybridized carbons (Fsp3) is 0.286. The van der Waals surface area contributed by atoms with Crippen molar-refractivity contribution in [2.75, 3.05) is 0 Å². The van der Waals surface area contributed by atoms with Crippen LogP contribution in [0.4, 0.5) is 4.39 Å². The zero-order valence-corrected chi connectivity index (χ0v) is 14.4. The third-order valence-electron chi connectivity index (χ3n) is 4.03. The van der Waals surface area contributed by atoms with Crippen molar-refractivity contribution < 1.29 is 13.7 Å². The maximum absolute atomic E-state index is 12.9. The predicted octanol–water partition coefficient (Wildman–Crippen LogP) is 5.79. The lowest BCUT2D eigenvalue weighted by Crippen LogP contribution is -1.95. The van der Waals surface area contributed by atoms with E-state index in [1.54, 1.807) is 12.1 Å². The number of aromatic nitrogens is 1. The molecule has 0 bridgehead atoms. The molecule has 1 aromatic heterocycles. The maximum Gasteiger partial charge on any atom is 0.137 e. The average molecular weight is 339 g/mol. The molecule has 1 heterocycles. The molecule has 0 radical (unpaired) electrons. The Morgan fingerprint density at radius 2 is 1.88 bits per heavy atom. The zero-order chi connectivity index (χ0) is 17.5. The van der Waals surface area contributed by atoms with Crippen molar-refractivity contribution in [1.82, 2.24) is 5.16 Å². The molecule has 0 fully saturated rings. The lowest BCUT2D eigenvalue weighted by molar-refractivity contribution is 0.306. The molecule has 0 aliphatic rings. The number of hydrogen-bond acceptors (Lipinski definition) is 3. The molecule has 0 amide bonds. The summed E-state index contributed by atoms with van der Waals surface area (Å²) in [6.45, 7) is 2.58. The number of halogens is 1. The van der Waals surface area contributed by atoms with Gasteiger partial charge in [-0.15, -0.1) is 0 Å². The van der Waals surface area contributed by atoms with E-state index in [9.17, 15) is 4.39 Å². The second-order valence-electron chi connectivity index (χ2n) is 6.08. The molecule has 0 aliphatic heterocycles. The summed E-state index contributed by atoms with van der Waals surface area (Å²) in [5.74, 6) is 1.42. The van der Waals surface area contributed by atoms with Gasteiger partial charge < -0.3 is 9.26 Å². The molecule has 3 rings (SSSR count). The SMILES string of the molecule is CCCCCc1cc(-c2cccc(OCc3ccc(F)cc3)c2)no1. The topological polar surface area (TPSA) is 35.3 Å².